The molecule has 0 aromatic carbocycles. The summed E-state index contributed by atoms with van der Waals surface area (Å²) in [7, 11) is -3.33. The minimum absolute atomic E-state index is 0.150. The molecule has 2 aliphatic rings. The average Bonchev–Trinajstić information content (AvgIpc) is 2.33. The van der Waals surface area contributed by atoms with Gasteiger partial charge in [0.1, 0.15) is 6.04 Å². The lowest BCUT2D eigenvalue weighted by atomic mass is 10.0. The van der Waals surface area contributed by atoms with Crippen LogP contribution < -0.4 is 10.6 Å². The van der Waals surface area contributed by atoms with Gasteiger partial charge in [-0.05, 0) is 38.8 Å². The van der Waals surface area contributed by atoms with Crippen LogP contribution in [0.4, 0.5) is 0 Å². The largest absolute Gasteiger partial charge is 0.353 e. The topological polar surface area (TPSA) is 78.5 Å². The first kappa shape index (κ1) is 13.8. The van der Waals surface area contributed by atoms with Gasteiger partial charge >= 0.3 is 0 Å². The van der Waals surface area contributed by atoms with E-state index in [9.17, 15) is 13.2 Å². The van der Waals surface area contributed by atoms with Crippen molar-refractivity contribution in [1.29, 1.82) is 0 Å². The zero-order chi connectivity index (χ0) is 13.2. The van der Waals surface area contributed by atoms with Crippen LogP contribution in [-0.4, -0.2) is 56.6 Å². The smallest absolute Gasteiger partial charge is 0.238 e. The number of hydrogen-bond donors (Lipinski definition) is 2. The SMILES string of the molecule is CC1C(=O)NCCN1S(=O)(=O)CC1CCCNC1. The number of rotatable bonds is 3. The molecular formula is C11H21N3O3S. The molecule has 2 unspecified atom stereocenters. The molecule has 7 heteroatoms. The molecule has 6 nitrogen and oxygen atoms in total. The summed E-state index contributed by atoms with van der Waals surface area (Å²) in [6, 6.07) is -0.583. The van der Waals surface area contributed by atoms with Gasteiger partial charge in [0.25, 0.3) is 0 Å². The standard InChI is InChI=1S/C11H21N3O3S/c1-9-11(15)13-5-6-14(9)18(16,17)8-10-3-2-4-12-7-10/h9-10,12H,2-8H2,1H3,(H,13,15). The van der Waals surface area contributed by atoms with Gasteiger partial charge < -0.3 is 10.6 Å². The number of piperazine rings is 1. The van der Waals surface area contributed by atoms with Gasteiger partial charge in [-0.1, -0.05) is 0 Å². The van der Waals surface area contributed by atoms with E-state index in [1.807, 2.05) is 0 Å². The molecule has 104 valence electrons. The van der Waals surface area contributed by atoms with Gasteiger partial charge in [0.15, 0.2) is 0 Å². The van der Waals surface area contributed by atoms with E-state index in [2.05, 4.69) is 10.6 Å². The first-order valence-electron chi connectivity index (χ1n) is 6.48. The van der Waals surface area contributed by atoms with E-state index < -0.39 is 16.1 Å². The molecule has 2 rings (SSSR count). The van der Waals surface area contributed by atoms with E-state index in [0.29, 0.717) is 13.1 Å². The molecule has 2 aliphatic heterocycles. The van der Waals surface area contributed by atoms with Gasteiger partial charge in [0, 0.05) is 13.1 Å². The Morgan fingerprint density at radius 2 is 2.17 bits per heavy atom. The number of sulfonamides is 1. The van der Waals surface area contributed by atoms with Gasteiger partial charge in [-0.3, -0.25) is 4.79 Å². The van der Waals surface area contributed by atoms with Crippen LogP contribution in [-0.2, 0) is 14.8 Å². The van der Waals surface area contributed by atoms with Crippen LogP contribution in [0.5, 0.6) is 0 Å². The zero-order valence-corrected chi connectivity index (χ0v) is 11.5. The highest BCUT2D eigenvalue weighted by Gasteiger charge is 2.35. The lowest BCUT2D eigenvalue weighted by Gasteiger charge is -2.33. The van der Waals surface area contributed by atoms with Crippen LogP contribution >= 0.6 is 0 Å². The maximum atomic E-state index is 12.3. The second kappa shape index (κ2) is 5.54. The third-order valence-electron chi connectivity index (χ3n) is 3.65. The molecule has 1 amide bonds. The van der Waals surface area contributed by atoms with E-state index in [1.165, 1.54) is 4.31 Å². The van der Waals surface area contributed by atoms with Crippen molar-refractivity contribution in [2.45, 2.75) is 25.8 Å². The summed E-state index contributed by atoms with van der Waals surface area (Å²) in [5, 5.41) is 5.90. The fourth-order valence-electron chi connectivity index (χ4n) is 2.60. The second-order valence-electron chi connectivity index (χ2n) is 5.07. The third-order valence-corrected chi connectivity index (χ3v) is 5.75. The van der Waals surface area contributed by atoms with Crippen LogP contribution in [0, 0.1) is 5.92 Å². The highest BCUT2D eigenvalue weighted by Crippen LogP contribution is 2.18. The van der Waals surface area contributed by atoms with Crippen molar-refractivity contribution in [1.82, 2.24) is 14.9 Å². The molecule has 0 saturated carbocycles. The fourth-order valence-corrected chi connectivity index (χ4v) is 4.62. The Kier molecular flexibility index (Phi) is 4.24. The second-order valence-corrected chi connectivity index (χ2v) is 7.03. The number of nitrogens with one attached hydrogen (secondary N) is 2. The molecule has 0 spiro atoms. The van der Waals surface area contributed by atoms with Crippen LogP contribution in [0.15, 0.2) is 0 Å². The first-order valence-corrected chi connectivity index (χ1v) is 8.09. The van der Waals surface area contributed by atoms with Gasteiger partial charge in [-0.15, -0.1) is 0 Å². The monoisotopic (exact) mass is 275 g/mol. The van der Waals surface area contributed by atoms with E-state index in [-0.39, 0.29) is 17.6 Å². The molecule has 2 saturated heterocycles. The average molecular weight is 275 g/mol. The van der Waals surface area contributed by atoms with E-state index in [4.69, 9.17) is 0 Å². The van der Waals surface area contributed by atoms with Crippen LogP contribution in [0.2, 0.25) is 0 Å². The summed E-state index contributed by atoms with van der Waals surface area (Å²) in [4.78, 5) is 11.5. The summed E-state index contributed by atoms with van der Waals surface area (Å²) >= 11 is 0. The molecule has 18 heavy (non-hydrogen) atoms. The molecule has 0 radical (unpaired) electrons. The van der Waals surface area contributed by atoms with Gasteiger partial charge in [-0.25, -0.2) is 8.42 Å². The summed E-state index contributed by atoms with van der Waals surface area (Å²) in [5.74, 6) is 0.116. The Labute approximate surface area is 108 Å². The normalized spacial score (nSPS) is 31.1. The van der Waals surface area contributed by atoms with Crippen molar-refractivity contribution in [3.05, 3.63) is 0 Å². The molecule has 2 atom stereocenters. The summed E-state index contributed by atoms with van der Waals surface area (Å²) in [6.45, 7) is 4.17. The number of hydrogen-bond acceptors (Lipinski definition) is 4. The van der Waals surface area contributed by atoms with Crippen molar-refractivity contribution in [2.24, 2.45) is 5.92 Å². The highest BCUT2D eigenvalue weighted by molar-refractivity contribution is 7.89. The number of piperidine rings is 1. The summed E-state index contributed by atoms with van der Waals surface area (Å²) in [5.41, 5.74) is 0. The number of carbonyl (C=O) groups is 1. The molecule has 0 aliphatic carbocycles. The summed E-state index contributed by atoms with van der Waals surface area (Å²) < 4.78 is 26.0. The fraction of sp³-hybridized carbons (Fsp3) is 0.909. The van der Waals surface area contributed by atoms with Crippen LogP contribution in [0.1, 0.15) is 19.8 Å². The molecule has 2 fully saturated rings. The van der Waals surface area contributed by atoms with Crippen molar-refractivity contribution < 1.29 is 13.2 Å². The lowest BCUT2D eigenvalue weighted by molar-refractivity contribution is -0.126. The highest BCUT2D eigenvalue weighted by atomic mass is 32.2. The molecule has 2 heterocycles. The number of nitrogens with zero attached hydrogens (tertiary/aromatic N) is 1. The van der Waals surface area contributed by atoms with Gasteiger partial charge in [0.05, 0.1) is 5.75 Å². The Morgan fingerprint density at radius 1 is 1.39 bits per heavy atom. The number of carbonyl (C=O) groups excluding carboxylic acids is 1. The summed E-state index contributed by atoms with van der Waals surface area (Å²) in [6.07, 6.45) is 1.97. The van der Waals surface area contributed by atoms with Crippen LogP contribution in [0.3, 0.4) is 0 Å². The lowest BCUT2D eigenvalue weighted by Crippen LogP contribution is -2.56. The Morgan fingerprint density at radius 3 is 2.83 bits per heavy atom. The van der Waals surface area contributed by atoms with Crippen molar-refractivity contribution in [3.63, 3.8) is 0 Å². The number of amides is 1. The molecule has 2 N–H and O–H groups in total. The molecule has 0 aromatic heterocycles. The molecular weight excluding hydrogens is 254 g/mol. The third kappa shape index (κ3) is 3.02. The van der Waals surface area contributed by atoms with Crippen molar-refractivity contribution in [3.8, 4) is 0 Å². The maximum Gasteiger partial charge on any atom is 0.238 e. The minimum atomic E-state index is -3.33. The van der Waals surface area contributed by atoms with Gasteiger partial charge in [0.2, 0.25) is 15.9 Å². The quantitative estimate of drug-likeness (QED) is 0.702. The zero-order valence-electron chi connectivity index (χ0n) is 10.7. The van der Waals surface area contributed by atoms with E-state index >= 15 is 0 Å². The Bertz CT molecular complexity index is 404. The van der Waals surface area contributed by atoms with Gasteiger partial charge in [-0.2, -0.15) is 4.31 Å². The van der Waals surface area contributed by atoms with E-state index in [1.54, 1.807) is 6.92 Å². The Hall–Kier alpha value is -0.660. The predicted octanol–water partition coefficient (Wildman–Crippen LogP) is -0.864. The maximum absolute atomic E-state index is 12.3. The molecule has 0 bridgehead atoms. The van der Waals surface area contributed by atoms with Crippen molar-refractivity contribution >= 4 is 15.9 Å². The minimum Gasteiger partial charge on any atom is -0.353 e. The first-order chi connectivity index (χ1) is 8.50. The van der Waals surface area contributed by atoms with Crippen molar-refractivity contribution in [2.75, 3.05) is 31.9 Å². The van der Waals surface area contributed by atoms with E-state index in [0.717, 1.165) is 25.9 Å². The molecule has 0 aromatic rings. The predicted molar refractivity (Wildman–Crippen MR) is 68.6 cm³/mol. The Balaban J connectivity index is 2.02. The van der Waals surface area contributed by atoms with Crippen LogP contribution in [0.25, 0.3) is 0 Å².